The first-order valence-electron chi connectivity index (χ1n) is 8.79. The maximum atomic E-state index is 12.9. The molecule has 2 aromatic rings. The van der Waals surface area contributed by atoms with Crippen LogP contribution in [0.25, 0.3) is 5.69 Å². The van der Waals surface area contributed by atoms with E-state index in [1.807, 2.05) is 46.8 Å². The molecule has 0 unspecified atom stereocenters. The fraction of sp³-hybridized carbons (Fsp3) is 0.474. The molecule has 1 amide bonds. The van der Waals surface area contributed by atoms with Crippen LogP contribution in [0.15, 0.2) is 36.5 Å². The van der Waals surface area contributed by atoms with Crippen LogP contribution in [0, 0.1) is 12.3 Å². The summed E-state index contributed by atoms with van der Waals surface area (Å²) in [4.78, 5) is 14.9. The highest BCUT2D eigenvalue weighted by atomic mass is 35.5. The van der Waals surface area contributed by atoms with Crippen molar-refractivity contribution < 1.29 is 4.79 Å². The molecule has 3 heterocycles. The fourth-order valence-corrected chi connectivity index (χ4v) is 4.03. The molecule has 5 nitrogen and oxygen atoms in total. The van der Waals surface area contributed by atoms with Crippen LogP contribution in [-0.4, -0.2) is 46.8 Å². The highest BCUT2D eigenvalue weighted by Crippen LogP contribution is 2.37. The van der Waals surface area contributed by atoms with Crippen molar-refractivity contribution in [3.63, 3.8) is 0 Å². The number of carbonyl (C=O) groups excluding carboxylic acids is 1. The van der Waals surface area contributed by atoms with Crippen molar-refractivity contribution >= 4 is 18.3 Å². The molecule has 1 aromatic carbocycles. The standard InChI is InChI=1S/C19H24N4O.ClH/c1-15-17(13-21-23(15)16-5-3-2-4-6-16)18(24)22-11-8-19(9-12-22)7-10-20-14-19;/h2-6,13,20H,7-12,14H2,1H3;1H. The Kier molecular flexibility index (Phi) is 5.16. The maximum Gasteiger partial charge on any atom is 0.257 e. The molecule has 2 saturated heterocycles. The van der Waals surface area contributed by atoms with Gasteiger partial charge in [0.05, 0.1) is 23.1 Å². The van der Waals surface area contributed by atoms with Gasteiger partial charge in [-0.1, -0.05) is 18.2 Å². The molecule has 2 fully saturated rings. The van der Waals surface area contributed by atoms with Crippen molar-refractivity contribution in [2.75, 3.05) is 26.2 Å². The molecule has 6 heteroatoms. The summed E-state index contributed by atoms with van der Waals surface area (Å²) in [5, 5.41) is 7.90. The maximum absolute atomic E-state index is 12.9. The number of piperidine rings is 1. The van der Waals surface area contributed by atoms with Gasteiger partial charge in [0.2, 0.25) is 0 Å². The van der Waals surface area contributed by atoms with Gasteiger partial charge in [-0.05, 0) is 50.3 Å². The first kappa shape index (κ1) is 18.0. The Bertz CT molecular complexity index is 727. The molecule has 2 aliphatic heterocycles. The molecule has 134 valence electrons. The topological polar surface area (TPSA) is 50.2 Å². The third-order valence-electron chi connectivity index (χ3n) is 5.68. The van der Waals surface area contributed by atoms with E-state index in [1.54, 1.807) is 6.20 Å². The van der Waals surface area contributed by atoms with Crippen molar-refractivity contribution in [3.8, 4) is 5.69 Å². The SMILES string of the molecule is Cc1c(C(=O)N2CCC3(CCNC3)CC2)cnn1-c1ccccc1.Cl. The van der Waals surface area contributed by atoms with Gasteiger partial charge in [-0.3, -0.25) is 4.79 Å². The van der Waals surface area contributed by atoms with Gasteiger partial charge in [-0.2, -0.15) is 5.10 Å². The summed E-state index contributed by atoms with van der Waals surface area (Å²) in [5.74, 6) is 0.121. The molecule has 1 spiro atoms. The summed E-state index contributed by atoms with van der Waals surface area (Å²) in [6, 6.07) is 9.96. The molecule has 25 heavy (non-hydrogen) atoms. The van der Waals surface area contributed by atoms with E-state index in [1.165, 1.54) is 6.42 Å². The zero-order valence-electron chi connectivity index (χ0n) is 14.6. The number of aromatic nitrogens is 2. The normalized spacial score (nSPS) is 19.0. The van der Waals surface area contributed by atoms with Crippen LogP contribution in [0.2, 0.25) is 0 Å². The first-order chi connectivity index (χ1) is 11.7. The lowest BCUT2D eigenvalue weighted by atomic mass is 9.78. The lowest BCUT2D eigenvalue weighted by molar-refractivity contribution is 0.0607. The number of carbonyl (C=O) groups is 1. The summed E-state index contributed by atoms with van der Waals surface area (Å²) in [6.07, 6.45) is 5.18. The van der Waals surface area contributed by atoms with Crippen molar-refractivity contribution in [1.82, 2.24) is 20.0 Å². The van der Waals surface area contributed by atoms with Gasteiger partial charge in [0, 0.05) is 19.6 Å². The number of hydrogen-bond acceptors (Lipinski definition) is 3. The second kappa shape index (κ2) is 7.18. The number of likely N-dealkylation sites (tertiary alicyclic amines) is 1. The third kappa shape index (κ3) is 3.31. The van der Waals surface area contributed by atoms with Gasteiger partial charge in [0.15, 0.2) is 0 Å². The fourth-order valence-electron chi connectivity index (χ4n) is 4.03. The van der Waals surface area contributed by atoms with Gasteiger partial charge in [0.25, 0.3) is 5.91 Å². The molecule has 0 saturated carbocycles. The molecular formula is C19H25ClN4O. The number of nitrogens with one attached hydrogen (secondary N) is 1. The number of para-hydroxylation sites is 1. The average molecular weight is 361 g/mol. The third-order valence-corrected chi connectivity index (χ3v) is 5.68. The second-order valence-electron chi connectivity index (χ2n) is 7.11. The largest absolute Gasteiger partial charge is 0.338 e. The summed E-state index contributed by atoms with van der Waals surface area (Å²) < 4.78 is 1.85. The van der Waals surface area contributed by atoms with E-state index >= 15 is 0 Å². The number of hydrogen-bond donors (Lipinski definition) is 1. The van der Waals surface area contributed by atoms with E-state index in [4.69, 9.17) is 0 Å². The number of nitrogens with zero attached hydrogens (tertiary/aromatic N) is 3. The highest BCUT2D eigenvalue weighted by molar-refractivity contribution is 5.95. The minimum Gasteiger partial charge on any atom is -0.338 e. The monoisotopic (exact) mass is 360 g/mol. The molecule has 0 bridgehead atoms. The minimum atomic E-state index is 0. The molecule has 0 aliphatic carbocycles. The van der Waals surface area contributed by atoms with Crippen molar-refractivity contribution in [2.45, 2.75) is 26.2 Å². The van der Waals surface area contributed by atoms with E-state index in [-0.39, 0.29) is 18.3 Å². The summed E-state index contributed by atoms with van der Waals surface area (Å²) in [6.45, 7) is 5.92. The van der Waals surface area contributed by atoms with E-state index in [9.17, 15) is 4.79 Å². The molecule has 1 aromatic heterocycles. The van der Waals surface area contributed by atoms with E-state index in [0.29, 0.717) is 5.41 Å². The smallest absolute Gasteiger partial charge is 0.257 e. The van der Waals surface area contributed by atoms with Crippen LogP contribution in [-0.2, 0) is 0 Å². The van der Waals surface area contributed by atoms with Crippen molar-refractivity contribution in [3.05, 3.63) is 47.8 Å². The lowest BCUT2D eigenvalue weighted by Gasteiger charge is -2.38. The Morgan fingerprint density at radius 2 is 1.88 bits per heavy atom. The van der Waals surface area contributed by atoms with Gasteiger partial charge in [-0.15, -0.1) is 12.4 Å². The molecular weight excluding hydrogens is 336 g/mol. The predicted octanol–water partition coefficient (Wildman–Crippen LogP) is 2.82. The highest BCUT2D eigenvalue weighted by Gasteiger charge is 2.38. The average Bonchev–Trinajstić information content (AvgIpc) is 3.23. The summed E-state index contributed by atoms with van der Waals surface area (Å²) >= 11 is 0. The summed E-state index contributed by atoms with van der Waals surface area (Å²) in [5.41, 5.74) is 3.05. The van der Waals surface area contributed by atoms with E-state index < -0.39 is 0 Å². The Hall–Kier alpha value is -1.85. The number of amides is 1. The Morgan fingerprint density at radius 1 is 1.16 bits per heavy atom. The molecule has 4 rings (SSSR count). The van der Waals surface area contributed by atoms with Gasteiger partial charge in [-0.25, -0.2) is 4.68 Å². The van der Waals surface area contributed by atoms with Gasteiger partial charge >= 0.3 is 0 Å². The zero-order valence-corrected chi connectivity index (χ0v) is 15.4. The lowest BCUT2D eigenvalue weighted by Crippen LogP contribution is -2.44. The number of rotatable bonds is 2. The Balaban J connectivity index is 0.00000182. The first-order valence-corrected chi connectivity index (χ1v) is 8.79. The second-order valence-corrected chi connectivity index (χ2v) is 7.11. The van der Waals surface area contributed by atoms with Crippen molar-refractivity contribution in [2.24, 2.45) is 5.41 Å². The predicted molar refractivity (Wildman–Crippen MR) is 101 cm³/mol. The molecule has 0 atom stereocenters. The van der Waals surface area contributed by atoms with Crippen molar-refractivity contribution in [1.29, 1.82) is 0 Å². The Labute approximate surface area is 154 Å². The van der Waals surface area contributed by atoms with Crippen LogP contribution in [0.4, 0.5) is 0 Å². The van der Waals surface area contributed by atoms with Gasteiger partial charge in [0.1, 0.15) is 0 Å². The van der Waals surface area contributed by atoms with Gasteiger partial charge < -0.3 is 10.2 Å². The number of halogens is 1. The quantitative estimate of drug-likeness (QED) is 0.896. The van der Waals surface area contributed by atoms with E-state index in [2.05, 4.69) is 10.4 Å². The van der Waals surface area contributed by atoms with Crippen LogP contribution in [0.3, 0.4) is 0 Å². The summed E-state index contributed by atoms with van der Waals surface area (Å²) in [7, 11) is 0. The van der Waals surface area contributed by atoms with E-state index in [0.717, 1.165) is 56.0 Å². The number of benzene rings is 1. The molecule has 1 N–H and O–H groups in total. The van der Waals surface area contributed by atoms with Crippen LogP contribution in [0.5, 0.6) is 0 Å². The minimum absolute atomic E-state index is 0. The van der Waals surface area contributed by atoms with Crippen LogP contribution >= 0.6 is 12.4 Å². The van der Waals surface area contributed by atoms with Crippen LogP contribution < -0.4 is 5.32 Å². The Morgan fingerprint density at radius 3 is 2.52 bits per heavy atom. The zero-order chi connectivity index (χ0) is 16.6. The van der Waals surface area contributed by atoms with Crippen LogP contribution in [0.1, 0.15) is 35.3 Å². The molecule has 0 radical (unpaired) electrons. The molecule has 2 aliphatic rings.